The molecule has 2 aromatic heterocycles. The number of hydroxylamine groups is 1. The average molecular weight is 420 g/mol. The van der Waals surface area contributed by atoms with Crippen molar-refractivity contribution in [3.05, 3.63) is 88.2 Å². The molecule has 0 saturated heterocycles. The van der Waals surface area contributed by atoms with E-state index in [4.69, 9.17) is 5.21 Å². The molecule has 156 valence electrons. The Balaban J connectivity index is 1.72. The number of anilines is 1. The fourth-order valence-corrected chi connectivity index (χ4v) is 3.32. The van der Waals surface area contributed by atoms with E-state index in [0.29, 0.717) is 22.2 Å². The molecule has 0 unspecified atom stereocenters. The van der Waals surface area contributed by atoms with E-state index in [-0.39, 0.29) is 22.3 Å². The summed E-state index contributed by atoms with van der Waals surface area (Å²) in [6.45, 7) is 0. The molecule has 0 radical (unpaired) electrons. The van der Waals surface area contributed by atoms with Crippen molar-refractivity contribution in [3.63, 3.8) is 0 Å². The Morgan fingerprint density at radius 1 is 1.03 bits per heavy atom. The van der Waals surface area contributed by atoms with Gasteiger partial charge in [0.15, 0.2) is 0 Å². The molecule has 2 aromatic carbocycles. The molecule has 0 aliphatic heterocycles. The van der Waals surface area contributed by atoms with E-state index in [0.717, 1.165) is 0 Å². The third-order valence-corrected chi connectivity index (χ3v) is 4.88. The number of aryl methyl sites for hydroxylation is 1. The van der Waals surface area contributed by atoms with Crippen LogP contribution in [-0.4, -0.2) is 26.6 Å². The van der Waals surface area contributed by atoms with Crippen LogP contribution in [0.25, 0.3) is 22.0 Å². The number of H-pyrrole nitrogens is 1. The fourth-order valence-electron chi connectivity index (χ4n) is 3.32. The highest BCUT2D eigenvalue weighted by atomic mass is 19.1. The maximum Gasteiger partial charge on any atom is 0.274 e. The minimum absolute atomic E-state index is 0.119. The monoisotopic (exact) mass is 420 g/mol. The lowest BCUT2D eigenvalue weighted by atomic mass is 10.0. The first-order valence-electron chi connectivity index (χ1n) is 9.22. The molecule has 4 rings (SSSR count). The molecule has 4 aromatic rings. The first-order chi connectivity index (χ1) is 14.9. The first kappa shape index (κ1) is 20.0. The molecular formula is C22H17FN4O4. The zero-order chi connectivity index (χ0) is 22.1. The summed E-state index contributed by atoms with van der Waals surface area (Å²) in [5.74, 6) is -1.64. The highest BCUT2D eigenvalue weighted by molar-refractivity contribution is 6.08. The second kappa shape index (κ2) is 7.88. The number of benzene rings is 2. The number of nitrogens with one attached hydrogen (secondary N) is 3. The number of aromatic amines is 1. The van der Waals surface area contributed by atoms with Crippen LogP contribution in [0.4, 0.5) is 10.1 Å². The van der Waals surface area contributed by atoms with Gasteiger partial charge in [0.05, 0.1) is 0 Å². The number of fused-ring (bicyclic) bond motifs is 1. The lowest BCUT2D eigenvalue weighted by Crippen LogP contribution is -2.18. The molecule has 8 nitrogen and oxygen atoms in total. The molecule has 2 amide bonds. The summed E-state index contributed by atoms with van der Waals surface area (Å²) >= 11 is 0. The van der Waals surface area contributed by atoms with Gasteiger partial charge in [0.2, 0.25) is 0 Å². The fraction of sp³-hybridized carbons (Fsp3) is 0.0455. The maximum absolute atomic E-state index is 14.4. The van der Waals surface area contributed by atoms with E-state index < -0.39 is 17.6 Å². The zero-order valence-electron chi connectivity index (χ0n) is 16.3. The lowest BCUT2D eigenvalue weighted by molar-refractivity contribution is 0.0706. The average Bonchev–Trinajstić information content (AvgIpc) is 3.23. The van der Waals surface area contributed by atoms with E-state index in [2.05, 4.69) is 10.3 Å². The number of aromatic nitrogens is 2. The summed E-state index contributed by atoms with van der Waals surface area (Å²) in [6, 6.07) is 13.5. The van der Waals surface area contributed by atoms with Crippen molar-refractivity contribution in [1.29, 1.82) is 0 Å². The van der Waals surface area contributed by atoms with Crippen LogP contribution in [0.15, 0.2) is 65.6 Å². The largest absolute Gasteiger partial charge is 0.346 e. The van der Waals surface area contributed by atoms with Crippen LogP contribution in [0.2, 0.25) is 0 Å². The van der Waals surface area contributed by atoms with E-state index in [1.165, 1.54) is 52.6 Å². The minimum atomic E-state index is -0.676. The quantitative estimate of drug-likeness (QED) is 0.300. The SMILES string of the molecule is Cn1cc(-c2ccccc2F)c2cc(C(=O)Nc3ccc(C(=O)NO)cc3)[nH]c2c1=O. The number of rotatable bonds is 4. The van der Waals surface area contributed by atoms with Gasteiger partial charge >= 0.3 is 0 Å². The van der Waals surface area contributed by atoms with Gasteiger partial charge < -0.3 is 14.9 Å². The van der Waals surface area contributed by atoms with Gasteiger partial charge in [0.1, 0.15) is 17.0 Å². The van der Waals surface area contributed by atoms with Crippen molar-refractivity contribution in [2.45, 2.75) is 0 Å². The van der Waals surface area contributed by atoms with Crippen molar-refractivity contribution in [1.82, 2.24) is 15.0 Å². The Hall–Kier alpha value is -4.24. The van der Waals surface area contributed by atoms with Crippen LogP contribution in [0.5, 0.6) is 0 Å². The molecule has 0 spiro atoms. The van der Waals surface area contributed by atoms with Crippen molar-refractivity contribution >= 4 is 28.4 Å². The van der Waals surface area contributed by atoms with Crippen LogP contribution in [-0.2, 0) is 7.05 Å². The Morgan fingerprint density at radius 2 is 1.74 bits per heavy atom. The Kier molecular flexibility index (Phi) is 5.10. The highest BCUT2D eigenvalue weighted by Crippen LogP contribution is 2.29. The smallest absolute Gasteiger partial charge is 0.274 e. The second-order valence-corrected chi connectivity index (χ2v) is 6.88. The van der Waals surface area contributed by atoms with Gasteiger partial charge in [-0.3, -0.25) is 19.6 Å². The van der Waals surface area contributed by atoms with Gasteiger partial charge in [0.25, 0.3) is 17.4 Å². The normalized spacial score (nSPS) is 10.8. The Morgan fingerprint density at radius 3 is 2.42 bits per heavy atom. The predicted molar refractivity (Wildman–Crippen MR) is 113 cm³/mol. The van der Waals surface area contributed by atoms with E-state index in [1.807, 2.05) is 0 Å². The molecule has 0 saturated carbocycles. The number of halogens is 1. The van der Waals surface area contributed by atoms with Gasteiger partial charge in [-0.2, -0.15) is 0 Å². The van der Waals surface area contributed by atoms with Gasteiger partial charge in [-0.15, -0.1) is 0 Å². The number of hydrogen-bond donors (Lipinski definition) is 4. The molecule has 0 bridgehead atoms. The third kappa shape index (κ3) is 3.69. The van der Waals surface area contributed by atoms with Gasteiger partial charge in [-0.1, -0.05) is 18.2 Å². The maximum atomic E-state index is 14.4. The minimum Gasteiger partial charge on any atom is -0.346 e. The first-order valence-corrected chi connectivity index (χ1v) is 9.22. The van der Waals surface area contributed by atoms with Crippen LogP contribution in [0.1, 0.15) is 20.8 Å². The number of hydrogen-bond acceptors (Lipinski definition) is 4. The second-order valence-electron chi connectivity index (χ2n) is 6.88. The Bertz CT molecular complexity index is 1370. The van der Waals surface area contributed by atoms with Crippen LogP contribution in [0, 0.1) is 5.82 Å². The summed E-state index contributed by atoms with van der Waals surface area (Å²) in [5, 5.41) is 11.7. The number of pyridine rings is 1. The molecule has 0 aliphatic rings. The summed E-state index contributed by atoms with van der Waals surface area (Å²) in [6.07, 6.45) is 1.53. The summed E-state index contributed by atoms with van der Waals surface area (Å²) < 4.78 is 15.7. The van der Waals surface area contributed by atoms with Crippen molar-refractivity contribution in [2.24, 2.45) is 7.05 Å². The Labute approximate surface area is 174 Å². The molecule has 2 heterocycles. The van der Waals surface area contributed by atoms with Crippen molar-refractivity contribution in [3.8, 4) is 11.1 Å². The molecule has 0 atom stereocenters. The molecule has 31 heavy (non-hydrogen) atoms. The van der Waals surface area contributed by atoms with Gasteiger partial charge in [0, 0.05) is 41.0 Å². The summed E-state index contributed by atoms with van der Waals surface area (Å²) in [5.41, 5.74) is 2.88. The molecule has 9 heteroatoms. The number of carbonyl (C=O) groups excluding carboxylic acids is 2. The van der Waals surface area contributed by atoms with E-state index in [9.17, 15) is 18.8 Å². The van der Waals surface area contributed by atoms with Crippen molar-refractivity contribution < 1.29 is 19.2 Å². The summed E-state index contributed by atoms with van der Waals surface area (Å²) in [4.78, 5) is 39.5. The van der Waals surface area contributed by atoms with Crippen LogP contribution < -0.4 is 16.4 Å². The van der Waals surface area contributed by atoms with Crippen LogP contribution >= 0.6 is 0 Å². The molecular weight excluding hydrogens is 403 g/mol. The van der Waals surface area contributed by atoms with Crippen molar-refractivity contribution in [2.75, 3.05) is 5.32 Å². The number of amides is 2. The van der Waals surface area contributed by atoms with E-state index in [1.54, 1.807) is 25.2 Å². The number of carbonyl (C=O) groups is 2. The lowest BCUT2D eigenvalue weighted by Gasteiger charge is -2.07. The standard InChI is InChI=1S/C22H17FN4O4/c1-27-11-16(14-4-2-3-5-17(14)23)15-10-18(25-19(15)22(27)30)21(29)24-13-8-6-12(7-9-13)20(28)26-31/h2-11,25,31H,1H3,(H,24,29)(H,26,28). The van der Waals surface area contributed by atoms with Gasteiger partial charge in [-0.05, 0) is 36.4 Å². The molecule has 0 fully saturated rings. The zero-order valence-corrected chi connectivity index (χ0v) is 16.3. The molecule has 0 aliphatic carbocycles. The number of nitrogens with zero attached hydrogens (tertiary/aromatic N) is 1. The molecule has 4 N–H and O–H groups in total. The highest BCUT2D eigenvalue weighted by Gasteiger charge is 2.18. The predicted octanol–water partition coefficient (Wildman–Crippen LogP) is 3.04. The third-order valence-electron chi connectivity index (χ3n) is 4.88. The topological polar surface area (TPSA) is 116 Å². The van der Waals surface area contributed by atoms with Crippen LogP contribution in [0.3, 0.4) is 0 Å². The summed E-state index contributed by atoms with van der Waals surface area (Å²) in [7, 11) is 1.55. The van der Waals surface area contributed by atoms with E-state index >= 15 is 0 Å². The van der Waals surface area contributed by atoms with Gasteiger partial charge in [-0.25, -0.2) is 9.87 Å².